The molecule has 1 aromatic rings. The van der Waals surface area contributed by atoms with E-state index in [0.717, 1.165) is 18.4 Å². The number of hydrogen-bond acceptors (Lipinski definition) is 2. The van der Waals surface area contributed by atoms with E-state index in [1.165, 1.54) is 109 Å². The fraction of sp³-hybridized carbons (Fsp3) is 0.759. The Balaban J connectivity index is 1.81. The van der Waals surface area contributed by atoms with Crippen LogP contribution in [0.2, 0.25) is 0 Å². The number of aromatic hydroxyl groups is 1. The summed E-state index contributed by atoms with van der Waals surface area (Å²) in [4.78, 5) is 12.2. The Labute approximate surface area is 193 Å². The Morgan fingerprint density at radius 1 is 0.645 bits per heavy atom. The van der Waals surface area contributed by atoms with Gasteiger partial charge in [-0.3, -0.25) is 4.79 Å². The van der Waals surface area contributed by atoms with Crippen molar-refractivity contribution in [1.82, 2.24) is 0 Å². The molecular formula is C29H50O2. The van der Waals surface area contributed by atoms with E-state index in [-0.39, 0.29) is 11.5 Å². The predicted molar refractivity (Wildman–Crippen MR) is 135 cm³/mol. The Morgan fingerprint density at radius 2 is 1.03 bits per heavy atom. The maximum Gasteiger partial charge on any atom is 0.166 e. The molecule has 0 saturated heterocycles. The number of ketones is 1. The number of phenolic OH excluding ortho intramolecular Hbond substituents is 1. The van der Waals surface area contributed by atoms with E-state index in [1.54, 1.807) is 12.1 Å². The van der Waals surface area contributed by atoms with Gasteiger partial charge in [-0.15, -0.1) is 0 Å². The highest BCUT2D eigenvalue weighted by Gasteiger charge is 2.10. The van der Waals surface area contributed by atoms with Crippen LogP contribution in [-0.2, 0) is 0 Å². The van der Waals surface area contributed by atoms with Crippen LogP contribution in [0, 0.1) is 6.92 Å². The Hall–Kier alpha value is -1.31. The van der Waals surface area contributed by atoms with Gasteiger partial charge in [0.1, 0.15) is 5.75 Å². The standard InChI is InChI=1S/C29H50O2/c1-3-4-5-6-7-8-9-10-11-12-13-14-15-16-17-18-19-20-21-22-28(30)27-25-26(2)23-24-29(27)31/h23-25,31H,3-22H2,1-2H3. The van der Waals surface area contributed by atoms with Gasteiger partial charge in [-0.25, -0.2) is 0 Å². The van der Waals surface area contributed by atoms with Crippen LogP contribution in [0.15, 0.2) is 18.2 Å². The number of hydrogen-bond donors (Lipinski definition) is 1. The van der Waals surface area contributed by atoms with Gasteiger partial charge in [-0.1, -0.05) is 134 Å². The third-order valence-electron chi connectivity index (χ3n) is 6.46. The van der Waals surface area contributed by atoms with Gasteiger partial charge in [0.2, 0.25) is 0 Å². The molecule has 0 spiro atoms. The maximum atomic E-state index is 12.2. The third kappa shape index (κ3) is 15.2. The first-order chi connectivity index (χ1) is 15.1. The van der Waals surface area contributed by atoms with Crippen LogP contribution in [0.5, 0.6) is 5.75 Å². The molecule has 0 atom stereocenters. The van der Waals surface area contributed by atoms with E-state index in [4.69, 9.17) is 0 Å². The summed E-state index contributed by atoms with van der Waals surface area (Å²) in [7, 11) is 0. The summed E-state index contributed by atoms with van der Waals surface area (Å²) < 4.78 is 0. The van der Waals surface area contributed by atoms with Gasteiger partial charge in [0.25, 0.3) is 0 Å². The number of carbonyl (C=O) groups is 1. The quantitative estimate of drug-likeness (QED) is 0.156. The lowest BCUT2D eigenvalue weighted by molar-refractivity contribution is 0.0976. The molecule has 1 N–H and O–H groups in total. The number of rotatable bonds is 21. The van der Waals surface area contributed by atoms with E-state index < -0.39 is 0 Å². The lowest BCUT2D eigenvalue weighted by Gasteiger charge is -2.06. The second-order valence-corrected chi connectivity index (χ2v) is 9.56. The first kappa shape index (κ1) is 27.7. The van der Waals surface area contributed by atoms with Crippen molar-refractivity contribution in [1.29, 1.82) is 0 Å². The van der Waals surface area contributed by atoms with Gasteiger partial charge in [-0.2, -0.15) is 0 Å². The minimum absolute atomic E-state index is 0.0770. The molecular weight excluding hydrogens is 380 g/mol. The number of benzene rings is 1. The summed E-state index contributed by atoms with van der Waals surface area (Å²) in [5.41, 5.74) is 1.51. The molecule has 1 rings (SSSR count). The minimum Gasteiger partial charge on any atom is -0.507 e. The Kier molecular flexibility index (Phi) is 17.3. The van der Waals surface area contributed by atoms with Gasteiger partial charge in [0.05, 0.1) is 5.56 Å². The first-order valence-corrected chi connectivity index (χ1v) is 13.5. The van der Waals surface area contributed by atoms with Crippen molar-refractivity contribution in [2.24, 2.45) is 0 Å². The fourth-order valence-corrected chi connectivity index (χ4v) is 4.37. The number of phenols is 1. The van der Waals surface area contributed by atoms with Crippen LogP contribution >= 0.6 is 0 Å². The van der Waals surface area contributed by atoms with Crippen molar-refractivity contribution in [3.63, 3.8) is 0 Å². The average Bonchev–Trinajstić information content (AvgIpc) is 2.76. The summed E-state index contributed by atoms with van der Waals surface area (Å²) in [6.07, 6.45) is 26.4. The molecule has 0 radical (unpaired) electrons. The molecule has 1 aromatic carbocycles. The molecule has 0 aromatic heterocycles. The summed E-state index contributed by atoms with van der Waals surface area (Å²) in [6.45, 7) is 4.24. The highest BCUT2D eigenvalue weighted by atomic mass is 16.3. The zero-order valence-electron chi connectivity index (χ0n) is 20.7. The highest BCUT2D eigenvalue weighted by Crippen LogP contribution is 2.21. The third-order valence-corrected chi connectivity index (χ3v) is 6.46. The van der Waals surface area contributed by atoms with E-state index in [0.29, 0.717) is 12.0 Å². The van der Waals surface area contributed by atoms with Crippen LogP contribution in [-0.4, -0.2) is 10.9 Å². The normalized spacial score (nSPS) is 11.2. The van der Waals surface area contributed by atoms with Gasteiger partial charge in [0.15, 0.2) is 5.78 Å². The number of unbranched alkanes of at least 4 members (excludes halogenated alkanes) is 18. The van der Waals surface area contributed by atoms with Gasteiger partial charge < -0.3 is 5.11 Å². The molecule has 0 unspecified atom stereocenters. The number of Topliss-reactive ketones (excluding diaryl/α,β-unsaturated/α-hetero) is 1. The van der Waals surface area contributed by atoms with Crippen LogP contribution in [0.1, 0.15) is 151 Å². The largest absolute Gasteiger partial charge is 0.507 e. The molecule has 0 aliphatic carbocycles. The van der Waals surface area contributed by atoms with Crippen LogP contribution in [0.4, 0.5) is 0 Å². The van der Waals surface area contributed by atoms with Gasteiger partial charge in [0, 0.05) is 6.42 Å². The molecule has 0 aliphatic heterocycles. The lowest BCUT2D eigenvalue weighted by Crippen LogP contribution is -2.00. The summed E-state index contributed by atoms with van der Waals surface area (Å²) in [6, 6.07) is 5.26. The molecule has 2 heteroatoms. The molecule has 0 aliphatic rings. The number of carbonyl (C=O) groups excluding carboxylic acids is 1. The molecule has 178 valence electrons. The highest BCUT2D eigenvalue weighted by molar-refractivity contribution is 5.98. The lowest BCUT2D eigenvalue weighted by atomic mass is 10.0. The van der Waals surface area contributed by atoms with E-state index in [2.05, 4.69) is 6.92 Å². The van der Waals surface area contributed by atoms with E-state index >= 15 is 0 Å². The van der Waals surface area contributed by atoms with Gasteiger partial charge >= 0.3 is 0 Å². The van der Waals surface area contributed by atoms with Crippen molar-refractivity contribution in [3.8, 4) is 5.75 Å². The van der Waals surface area contributed by atoms with E-state index in [9.17, 15) is 9.90 Å². The average molecular weight is 431 g/mol. The topological polar surface area (TPSA) is 37.3 Å². The minimum atomic E-state index is 0.0770. The van der Waals surface area contributed by atoms with Crippen molar-refractivity contribution in [2.45, 2.75) is 142 Å². The zero-order valence-corrected chi connectivity index (χ0v) is 20.7. The number of aryl methyl sites for hydroxylation is 1. The van der Waals surface area contributed by atoms with Crippen molar-refractivity contribution in [3.05, 3.63) is 29.3 Å². The maximum absolute atomic E-state index is 12.2. The second kappa shape index (κ2) is 19.4. The summed E-state index contributed by atoms with van der Waals surface area (Å²) in [5.74, 6) is 0.196. The monoisotopic (exact) mass is 430 g/mol. The van der Waals surface area contributed by atoms with Crippen LogP contribution in [0.3, 0.4) is 0 Å². The smallest absolute Gasteiger partial charge is 0.166 e. The molecule has 0 amide bonds. The summed E-state index contributed by atoms with van der Waals surface area (Å²) >= 11 is 0. The molecule has 2 nitrogen and oxygen atoms in total. The molecule has 0 heterocycles. The van der Waals surface area contributed by atoms with Crippen molar-refractivity contribution < 1.29 is 9.90 Å². The van der Waals surface area contributed by atoms with Crippen LogP contribution in [0.25, 0.3) is 0 Å². The fourth-order valence-electron chi connectivity index (χ4n) is 4.37. The van der Waals surface area contributed by atoms with Gasteiger partial charge in [-0.05, 0) is 25.5 Å². The molecule has 0 bridgehead atoms. The predicted octanol–water partition coefficient (Wildman–Crippen LogP) is 9.71. The van der Waals surface area contributed by atoms with Crippen LogP contribution < -0.4 is 0 Å². The Morgan fingerprint density at radius 3 is 1.45 bits per heavy atom. The first-order valence-electron chi connectivity index (χ1n) is 13.5. The molecule has 0 fully saturated rings. The zero-order chi connectivity index (χ0) is 22.6. The van der Waals surface area contributed by atoms with Crippen molar-refractivity contribution in [2.75, 3.05) is 0 Å². The summed E-state index contributed by atoms with van der Waals surface area (Å²) in [5, 5.41) is 9.84. The van der Waals surface area contributed by atoms with E-state index in [1.807, 2.05) is 13.0 Å². The van der Waals surface area contributed by atoms with Crippen molar-refractivity contribution >= 4 is 5.78 Å². The second-order valence-electron chi connectivity index (χ2n) is 9.56. The molecule has 0 saturated carbocycles. The SMILES string of the molecule is CCCCCCCCCCCCCCCCCCCCCC(=O)c1cc(C)ccc1O. The molecule has 31 heavy (non-hydrogen) atoms. The Bertz CT molecular complexity index is 564.